The van der Waals surface area contributed by atoms with Crippen LogP contribution in [-0.4, -0.2) is 101 Å². The van der Waals surface area contributed by atoms with E-state index in [9.17, 15) is 32.4 Å². The van der Waals surface area contributed by atoms with Gasteiger partial charge in [-0.15, -0.1) is 11.3 Å². The minimum atomic E-state index is -3.93. The van der Waals surface area contributed by atoms with Crippen LogP contribution in [0.4, 0.5) is 4.79 Å². The molecule has 5 aliphatic rings. The number of amides is 4. The summed E-state index contributed by atoms with van der Waals surface area (Å²) in [4.78, 5) is 80.3. The second kappa shape index (κ2) is 15.3. The van der Waals surface area contributed by atoms with Crippen molar-refractivity contribution in [2.45, 2.75) is 105 Å². The zero-order valence-electron chi connectivity index (χ0n) is 31.3. The van der Waals surface area contributed by atoms with Gasteiger partial charge in [0.15, 0.2) is 0 Å². The zero-order chi connectivity index (χ0) is 40.0. The van der Waals surface area contributed by atoms with Gasteiger partial charge in [0.2, 0.25) is 33.3 Å². The summed E-state index contributed by atoms with van der Waals surface area (Å²) >= 11 is 1.45. The van der Waals surface area contributed by atoms with Crippen molar-refractivity contribution in [2.75, 3.05) is 13.7 Å². The number of nitrogens with one attached hydrogen (secondary N) is 3. The molecule has 57 heavy (non-hydrogen) atoms. The van der Waals surface area contributed by atoms with Crippen LogP contribution in [0, 0.1) is 5.92 Å². The molecule has 3 aromatic rings. The lowest BCUT2D eigenvalue weighted by Crippen LogP contribution is -2.58. The maximum atomic E-state index is 14.6. The number of sulfonamides is 1. The average molecular weight is 821 g/mol. The number of benzene rings is 1. The van der Waals surface area contributed by atoms with Gasteiger partial charge in [0.05, 0.1) is 34.8 Å². The van der Waals surface area contributed by atoms with Gasteiger partial charge in [0.1, 0.15) is 29.4 Å². The highest BCUT2D eigenvalue weighted by Gasteiger charge is 2.62. The lowest BCUT2D eigenvalue weighted by molar-refractivity contribution is -0.153. The summed E-state index contributed by atoms with van der Waals surface area (Å²) in [7, 11) is -2.72. The predicted octanol–water partition coefficient (Wildman–Crippen LogP) is 3.51. The summed E-state index contributed by atoms with van der Waals surface area (Å²) in [5, 5.41) is 6.78. The number of aromatic nitrogens is 2. The third-order valence-electron chi connectivity index (χ3n) is 11.3. The molecular formula is C39H44N6O10S2. The molecule has 3 saturated carbocycles. The van der Waals surface area contributed by atoms with E-state index >= 15 is 0 Å². The Morgan fingerprint density at radius 1 is 1.00 bits per heavy atom. The Morgan fingerprint density at radius 2 is 1.77 bits per heavy atom. The molecule has 4 heterocycles. The van der Waals surface area contributed by atoms with Gasteiger partial charge in [0, 0.05) is 25.2 Å². The van der Waals surface area contributed by atoms with Gasteiger partial charge < -0.3 is 29.7 Å². The number of allylic oxidation sites excluding steroid dienone is 1. The largest absolute Gasteiger partial charge is 0.471 e. The Bertz CT molecular complexity index is 2220. The van der Waals surface area contributed by atoms with E-state index in [-0.39, 0.29) is 44.5 Å². The van der Waals surface area contributed by atoms with E-state index in [1.54, 1.807) is 6.07 Å². The van der Waals surface area contributed by atoms with Crippen molar-refractivity contribution in [1.29, 1.82) is 0 Å². The van der Waals surface area contributed by atoms with Gasteiger partial charge in [-0.1, -0.05) is 43.2 Å². The van der Waals surface area contributed by atoms with E-state index in [1.807, 2.05) is 47.9 Å². The normalized spacial score (nSPS) is 27.7. The maximum absolute atomic E-state index is 14.6. The fourth-order valence-electron chi connectivity index (χ4n) is 7.64. The Morgan fingerprint density at radius 3 is 2.47 bits per heavy atom. The molecule has 16 nitrogen and oxygen atoms in total. The molecule has 5 atom stereocenters. The van der Waals surface area contributed by atoms with Gasteiger partial charge in [-0.2, -0.15) is 0 Å². The summed E-state index contributed by atoms with van der Waals surface area (Å²) in [5.74, 6) is -3.02. The Balaban J connectivity index is 1.11. The first-order valence-electron chi connectivity index (χ1n) is 19.3. The van der Waals surface area contributed by atoms with E-state index in [0.717, 1.165) is 11.3 Å². The Labute approximate surface area is 333 Å². The first kappa shape index (κ1) is 38.8. The van der Waals surface area contributed by atoms with Crippen molar-refractivity contribution in [3.05, 3.63) is 53.9 Å². The van der Waals surface area contributed by atoms with Crippen LogP contribution < -0.4 is 20.1 Å². The van der Waals surface area contributed by atoms with Gasteiger partial charge in [-0.3, -0.25) is 19.1 Å². The SMILES string of the molecule is COC(=O)C1(OC(=O)N[C@H]2CCCCC/C=C\[C@@H]3C[C@@]3(C(=O)NS(=O)(=O)C3CC3)NC(=O)[C@@H]3C[C@@H](Oc4nc5ccccc5nc4-c4cccs4)CN3C2=O)CC1. The Hall–Kier alpha value is -5.10. The van der Waals surface area contributed by atoms with Gasteiger partial charge in [-0.05, 0) is 62.1 Å². The second-order valence-corrected chi connectivity index (χ2v) is 18.3. The molecule has 1 saturated heterocycles. The summed E-state index contributed by atoms with van der Waals surface area (Å²) in [6.45, 7) is -0.0901. The number of alkyl carbamates (subject to hydrolysis) is 1. The van der Waals surface area contributed by atoms with E-state index < -0.39 is 80.3 Å². The summed E-state index contributed by atoms with van der Waals surface area (Å²) in [6.07, 6.45) is 6.50. The molecule has 8 rings (SSSR count). The van der Waals surface area contributed by atoms with E-state index in [1.165, 1.54) is 23.3 Å². The minimum Gasteiger partial charge on any atom is -0.471 e. The van der Waals surface area contributed by atoms with Crippen LogP contribution in [0.3, 0.4) is 0 Å². The summed E-state index contributed by atoms with van der Waals surface area (Å²) in [5.41, 5.74) is -1.23. The summed E-state index contributed by atoms with van der Waals surface area (Å²) in [6, 6.07) is 8.78. The standard InChI is InChI=1S/C39H44N6O10S2/c1-53-36(49)38(17-18-38)55-37(50)42-28-13-6-4-2-3-5-10-23-21-39(23,35(48)44-57(51,52)25-15-16-25)43-32(46)29-20-24(22-45(29)34(28)47)54-33-31(30-14-9-19-56-30)40-26-11-7-8-12-27(26)41-33/h5,7-12,14,19,23-25,28-29H,2-4,6,13,15-18,20-22H2,1H3,(H,42,50)(H,43,46)(H,44,48)/b10-5-/t23-,24-,28+,29+,39-/m1/s1. The number of carbonyl (C=O) groups is 5. The molecule has 302 valence electrons. The monoisotopic (exact) mass is 820 g/mol. The minimum absolute atomic E-state index is 0.0167. The molecule has 2 aromatic heterocycles. The van der Waals surface area contributed by atoms with Crippen molar-refractivity contribution in [3.8, 4) is 16.5 Å². The fraction of sp³-hybridized carbons (Fsp3) is 0.513. The molecule has 1 aromatic carbocycles. The smallest absolute Gasteiger partial charge is 0.408 e. The number of ether oxygens (including phenoxy) is 3. The highest BCUT2D eigenvalue weighted by Crippen LogP contribution is 2.46. The van der Waals surface area contributed by atoms with Crippen molar-refractivity contribution in [2.24, 2.45) is 5.92 Å². The molecule has 18 heteroatoms. The molecular weight excluding hydrogens is 777 g/mol. The zero-order valence-corrected chi connectivity index (χ0v) is 32.9. The first-order chi connectivity index (χ1) is 27.4. The van der Waals surface area contributed by atoms with Crippen molar-refractivity contribution in [1.82, 2.24) is 30.2 Å². The number of esters is 1. The predicted molar refractivity (Wildman–Crippen MR) is 206 cm³/mol. The third-order valence-corrected chi connectivity index (χ3v) is 14.0. The van der Waals surface area contributed by atoms with Crippen LogP contribution in [0.1, 0.15) is 70.6 Å². The van der Waals surface area contributed by atoms with E-state index in [2.05, 4.69) is 15.4 Å². The molecule has 0 radical (unpaired) electrons. The van der Waals surface area contributed by atoms with Crippen molar-refractivity contribution < 1.29 is 46.6 Å². The fourth-order valence-corrected chi connectivity index (χ4v) is 9.71. The lowest BCUT2D eigenvalue weighted by atomic mass is 10.0. The number of rotatable bonds is 9. The highest BCUT2D eigenvalue weighted by molar-refractivity contribution is 7.91. The number of fused-ring (bicyclic) bond motifs is 3. The van der Waals surface area contributed by atoms with E-state index in [4.69, 9.17) is 24.2 Å². The van der Waals surface area contributed by atoms with Gasteiger partial charge >= 0.3 is 12.1 Å². The van der Waals surface area contributed by atoms with Crippen LogP contribution in [0.25, 0.3) is 21.6 Å². The third kappa shape index (κ3) is 8.06. The molecule has 0 spiro atoms. The van der Waals surface area contributed by atoms with Gasteiger partial charge in [-0.25, -0.2) is 28.0 Å². The first-order valence-corrected chi connectivity index (χ1v) is 21.7. The average Bonchev–Trinajstić information content (AvgIpc) is 4.16. The van der Waals surface area contributed by atoms with Gasteiger partial charge in [0.25, 0.3) is 5.91 Å². The number of carbonyl (C=O) groups excluding carboxylic acids is 5. The van der Waals surface area contributed by atoms with E-state index in [0.29, 0.717) is 48.8 Å². The molecule has 3 aliphatic carbocycles. The highest BCUT2D eigenvalue weighted by atomic mass is 32.2. The van der Waals surface area contributed by atoms with Crippen molar-refractivity contribution in [3.63, 3.8) is 0 Å². The number of para-hydroxylation sites is 2. The maximum Gasteiger partial charge on any atom is 0.408 e. The van der Waals surface area contributed by atoms with Crippen LogP contribution >= 0.6 is 11.3 Å². The number of hydrogen-bond donors (Lipinski definition) is 3. The summed E-state index contributed by atoms with van der Waals surface area (Å²) < 4.78 is 44.8. The van der Waals surface area contributed by atoms with Crippen LogP contribution in [0.5, 0.6) is 5.88 Å². The van der Waals surface area contributed by atoms with Crippen LogP contribution in [0.15, 0.2) is 53.9 Å². The number of methoxy groups -OCH3 is 1. The topological polar surface area (TPSA) is 212 Å². The molecule has 3 N–H and O–H groups in total. The number of nitrogens with zero attached hydrogens (tertiary/aromatic N) is 3. The second-order valence-electron chi connectivity index (χ2n) is 15.4. The molecule has 0 unspecified atom stereocenters. The molecule has 0 bridgehead atoms. The Kier molecular flexibility index (Phi) is 10.4. The molecule has 2 aliphatic heterocycles. The quantitative estimate of drug-likeness (QED) is 0.209. The number of hydrogen-bond acceptors (Lipinski definition) is 13. The lowest BCUT2D eigenvalue weighted by Gasteiger charge is -2.30. The van der Waals surface area contributed by atoms with Crippen LogP contribution in [0.2, 0.25) is 0 Å². The number of thiophene rings is 1. The molecule has 4 fully saturated rings. The van der Waals surface area contributed by atoms with Crippen LogP contribution in [-0.2, 0) is 38.7 Å². The van der Waals surface area contributed by atoms with Crippen molar-refractivity contribution >= 4 is 62.2 Å². The molecule has 4 amide bonds.